The van der Waals surface area contributed by atoms with Gasteiger partial charge in [0.25, 0.3) is 0 Å². The maximum absolute atomic E-state index is 12.5. The predicted molar refractivity (Wildman–Crippen MR) is 72.8 cm³/mol. The van der Waals surface area contributed by atoms with E-state index in [1.165, 1.54) is 0 Å². The average molecular weight is 271 g/mol. The molecule has 6 nitrogen and oxygen atoms in total. The summed E-state index contributed by atoms with van der Waals surface area (Å²) in [4.78, 5) is 14.2. The van der Waals surface area contributed by atoms with Crippen molar-refractivity contribution in [2.45, 2.75) is 45.6 Å². The second-order valence-corrected chi connectivity index (χ2v) is 5.92. The van der Waals surface area contributed by atoms with Gasteiger partial charge in [0.2, 0.25) is 5.91 Å². The van der Waals surface area contributed by atoms with Crippen LogP contribution in [0.15, 0.2) is 5.16 Å². The second kappa shape index (κ2) is 6.23. The highest BCUT2D eigenvalue weighted by atomic mass is 16.4. The summed E-state index contributed by atoms with van der Waals surface area (Å²) in [6, 6.07) is 0. The van der Waals surface area contributed by atoms with Gasteiger partial charge in [-0.05, 0) is 32.1 Å². The maximum atomic E-state index is 12.5. The van der Waals surface area contributed by atoms with Crippen LogP contribution in [0.3, 0.4) is 0 Å². The van der Waals surface area contributed by atoms with Crippen LogP contribution < -0.4 is 5.73 Å². The number of rotatable bonds is 3. The lowest BCUT2D eigenvalue weighted by atomic mass is 9.93. The molecule has 2 atom stereocenters. The molecule has 110 valence electrons. The van der Waals surface area contributed by atoms with Gasteiger partial charge in [-0.3, -0.25) is 4.79 Å². The fourth-order valence-electron chi connectivity index (χ4n) is 2.50. The van der Waals surface area contributed by atoms with Gasteiger partial charge in [0, 0.05) is 13.1 Å². The van der Waals surface area contributed by atoms with Crippen molar-refractivity contribution < 1.29 is 15.1 Å². The molecule has 1 fully saturated rings. The molecule has 19 heavy (non-hydrogen) atoms. The van der Waals surface area contributed by atoms with E-state index in [0.29, 0.717) is 25.9 Å². The molecule has 1 aliphatic heterocycles. The molecular weight excluding hydrogens is 246 g/mol. The fourth-order valence-corrected chi connectivity index (χ4v) is 2.50. The summed E-state index contributed by atoms with van der Waals surface area (Å²) >= 11 is 0. The normalized spacial score (nSPS) is 27.2. The largest absolute Gasteiger partial charge is 0.409 e. The van der Waals surface area contributed by atoms with Crippen molar-refractivity contribution in [3.63, 3.8) is 0 Å². The molecule has 1 heterocycles. The van der Waals surface area contributed by atoms with Crippen molar-refractivity contribution in [1.29, 1.82) is 0 Å². The van der Waals surface area contributed by atoms with Crippen LogP contribution in [0.2, 0.25) is 0 Å². The van der Waals surface area contributed by atoms with Crippen LogP contribution in [0.5, 0.6) is 0 Å². The molecule has 0 aromatic heterocycles. The van der Waals surface area contributed by atoms with E-state index in [4.69, 9.17) is 10.9 Å². The van der Waals surface area contributed by atoms with Gasteiger partial charge in [0.15, 0.2) is 5.84 Å². The van der Waals surface area contributed by atoms with E-state index < -0.39 is 11.5 Å². The van der Waals surface area contributed by atoms with Crippen LogP contribution in [0.1, 0.15) is 40.0 Å². The van der Waals surface area contributed by atoms with Crippen LogP contribution in [-0.2, 0) is 4.79 Å². The van der Waals surface area contributed by atoms with Crippen LogP contribution in [0.25, 0.3) is 0 Å². The molecule has 6 heteroatoms. The van der Waals surface area contributed by atoms with Gasteiger partial charge in [0.1, 0.15) is 5.92 Å². The van der Waals surface area contributed by atoms with Crippen molar-refractivity contribution >= 4 is 11.7 Å². The van der Waals surface area contributed by atoms with Gasteiger partial charge < -0.3 is 20.9 Å². The van der Waals surface area contributed by atoms with Crippen molar-refractivity contribution in [3.8, 4) is 0 Å². The Labute approximate surface area is 114 Å². The summed E-state index contributed by atoms with van der Waals surface area (Å²) in [6.45, 7) is 6.65. The Morgan fingerprint density at radius 1 is 1.37 bits per heavy atom. The van der Waals surface area contributed by atoms with Crippen molar-refractivity contribution in [3.05, 3.63) is 0 Å². The Morgan fingerprint density at radius 3 is 2.53 bits per heavy atom. The lowest BCUT2D eigenvalue weighted by molar-refractivity contribution is -0.134. The van der Waals surface area contributed by atoms with Gasteiger partial charge in [-0.25, -0.2) is 0 Å². The molecule has 0 bridgehead atoms. The van der Waals surface area contributed by atoms with Gasteiger partial charge in [0.05, 0.1) is 5.60 Å². The zero-order valence-corrected chi connectivity index (χ0v) is 12.0. The van der Waals surface area contributed by atoms with Crippen molar-refractivity contribution in [2.75, 3.05) is 13.1 Å². The summed E-state index contributed by atoms with van der Waals surface area (Å²) < 4.78 is 0. The molecular formula is C13H25N3O3. The first-order valence-corrected chi connectivity index (χ1v) is 6.77. The third-order valence-corrected chi connectivity index (χ3v) is 3.74. The Morgan fingerprint density at radius 2 is 2.00 bits per heavy atom. The molecule has 0 saturated carbocycles. The number of nitrogens with zero attached hydrogens (tertiary/aromatic N) is 2. The molecule has 0 aromatic rings. The molecule has 0 spiro atoms. The molecule has 1 aliphatic rings. The first kappa shape index (κ1) is 15.8. The molecule has 1 rings (SSSR count). The zero-order valence-electron chi connectivity index (χ0n) is 12.0. The lowest BCUT2D eigenvalue weighted by Gasteiger charge is -2.28. The SMILES string of the molecule is CC(C)C(C(=O)N1CCCC(C)(O)CC1)C(N)=NO. The Balaban J connectivity index is 2.80. The fraction of sp³-hybridized carbons (Fsp3) is 0.846. The minimum absolute atomic E-state index is 0.0350. The molecule has 1 amide bonds. The monoisotopic (exact) mass is 271 g/mol. The first-order valence-electron chi connectivity index (χ1n) is 6.77. The van der Waals surface area contributed by atoms with Gasteiger partial charge in [-0.2, -0.15) is 0 Å². The number of oxime groups is 1. The second-order valence-electron chi connectivity index (χ2n) is 5.92. The van der Waals surface area contributed by atoms with Gasteiger partial charge in [-0.1, -0.05) is 19.0 Å². The van der Waals surface area contributed by atoms with Crippen LogP contribution in [0, 0.1) is 11.8 Å². The summed E-state index contributed by atoms with van der Waals surface area (Å²) in [6.07, 6.45) is 2.01. The van der Waals surface area contributed by atoms with E-state index in [1.54, 1.807) is 11.8 Å². The third-order valence-electron chi connectivity index (χ3n) is 3.74. The minimum atomic E-state index is -0.709. The number of amides is 1. The Hall–Kier alpha value is -1.30. The highest BCUT2D eigenvalue weighted by molar-refractivity contribution is 6.02. The van der Waals surface area contributed by atoms with Crippen molar-refractivity contribution in [1.82, 2.24) is 4.90 Å². The highest BCUT2D eigenvalue weighted by Gasteiger charge is 2.33. The molecule has 0 aliphatic carbocycles. The van der Waals surface area contributed by atoms with Crippen LogP contribution in [0.4, 0.5) is 0 Å². The van der Waals surface area contributed by atoms with Gasteiger partial charge in [-0.15, -0.1) is 0 Å². The Kier molecular flexibility index (Phi) is 5.17. The summed E-state index contributed by atoms with van der Waals surface area (Å²) in [5, 5.41) is 21.8. The number of hydrogen-bond donors (Lipinski definition) is 3. The number of carbonyl (C=O) groups excluding carboxylic acids is 1. The highest BCUT2D eigenvalue weighted by Crippen LogP contribution is 2.23. The van der Waals surface area contributed by atoms with E-state index >= 15 is 0 Å². The molecule has 0 radical (unpaired) electrons. The van der Waals surface area contributed by atoms with Gasteiger partial charge >= 0.3 is 0 Å². The van der Waals surface area contributed by atoms with E-state index in [0.717, 1.165) is 6.42 Å². The zero-order chi connectivity index (χ0) is 14.6. The molecule has 0 aromatic carbocycles. The van der Waals surface area contributed by atoms with Crippen LogP contribution in [-0.4, -0.2) is 45.6 Å². The minimum Gasteiger partial charge on any atom is -0.409 e. The molecule has 2 unspecified atom stereocenters. The third kappa shape index (κ3) is 4.09. The van der Waals surface area contributed by atoms with Crippen molar-refractivity contribution in [2.24, 2.45) is 22.7 Å². The maximum Gasteiger partial charge on any atom is 0.233 e. The Bertz CT molecular complexity index is 353. The smallest absolute Gasteiger partial charge is 0.233 e. The van der Waals surface area contributed by atoms with E-state index in [9.17, 15) is 9.90 Å². The predicted octanol–water partition coefficient (Wildman–Crippen LogP) is 0.769. The number of amidine groups is 1. The van der Waals surface area contributed by atoms with E-state index in [2.05, 4.69) is 5.16 Å². The van der Waals surface area contributed by atoms with E-state index in [1.807, 2.05) is 13.8 Å². The first-order chi connectivity index (χ1) is 8.78. The number of likely N-dealkylation sites (tertiary alicyclic amines) is 1. The molecule has 1 saturated heterocycles. The topological polar surface area (TPSA) is 99.2 Å². The summed E-state index contributed by atoms with van der Waals surface area (Å²) in [5.41, 5.74) is 4.91. The molecule has 4 N–H and O–H groups in total. The average Bonchev–Trinajstić information content (AvgIpc) is 2.49. The summed E-state index contributed by atoms with van der Waals surface area (Å²) in [7, 11) is 0. The number of hydrogen-bond acceptors (Lipinski definition) is 4. The standard InChI is InChI=1S/C13H25N3O3/c1-9(2)10(11(14)15-19)12(17)16-7-4-5-13(3,18)6-8-16/h9-10,18-19H,4-8H2,1-3H3,(H2,14,15). The summed E-state index contributed by atoms with van der Waals surface area (Å²) in [5.74, 6) is -0.806. The number of nitrogens with two attached hydrogens (primary N) is 1. The van der Waals surface area contributed by atoms with Crippen LogP contribution >= 0.6 is 0 Å². The number of carbonyl (C=O) groups is 1. The van der Waals surface area contributed by atoms with E-state index in [-0.39, 0.29) is 17.7 Å². The lowest BCUT2D eigenvalue weighted by Crippen LogP contribution is -2.45. The quantitative estimate of drug-likeness (QED) is 0.305. The number of aliphatic hydroxyl groups is 1.